The highest BCUT2D eigenvalue weighted by molar-refractivity contribution is 5.77. The minimum absolute atomic E-state index is 0.128. The number of esters is 1. The lowest BCUT2D eigenvalue weighted by molar-refractivity contribution is -0.152. The Bertz CT molecular complexity index is 985. The zero-order valence-electron chi connectivity index (χ0n) is 20.3. The highest BCUT2D eigenvalue weighted by Crippen LogP contribution is 2.44. The fraction of sp³-hybridized carbons (Fsp3) is 0.444. The monoisotopic (exact) mass is 466 g/mol. The third kappa shape index (κ3) is 6.16. The zero-order valence-corrected chi connectivity index (χ0v) is 20.3. The summed E-state index contributed by atoms with van der Waals surface area (Å²) in [6.45, 7) is 5.80. The molecule has 1 unspecified atom stereocenters. The summed E-state index contributed by atoms with van der Waals surface area (Å²) in [5.41, 5.74) is 0.866. The minimum atomic E-state index is -0.829. The Morgan fingerprint density at radius 2 is 1.62 bits per heavy atom. The summed E-state index contributed by atoms with van der Waals surface area (Å²) >= 11 is 0. The largest absolute Gasteiger partial charge is 0.469 e. The molecule has 0 spiro atoms. The topological polar surface area (TPSA) is 93.7 Å². The Morgan fingerprint density at radius 3 is 2.18 bits per heavy atom. The smallest absolute Gasteiger partial charge is 0.407 e. The molecule has 2 aromatic carbocycles. The van der Waals surface area contributed by atoms with E-state index < -0.39 is 17.7 Å². The van der Waals surface area contributed by atoms with E-state index >= 15 is 0 Å². The van der Waals surface area contributed by atoms with Gasteiger partial charge in [0.15, 0.2) is 0 Å². The predicted octanol–water partition coefficient (Wildman–Crippen LogP) is 4.11. The van der Waals surface area contributed by atoms with Crippen molar-refractivity contribution in [3.8, 4) is 0 Å². The van der Waals surface area contributed by atoms with Crippen LogP contribution in [0.25, 0.3) is 0 Å². The Balaban J connectivity index is 1.82. The molecule has 1 aliphatic rings. The van der Waals surface area contributed by atoms with Gasteiger partial charge in [0.2, 0.25) is 5.91 Å². The molecule has 3 rings (SSSR count). The fourth-order valence-electron chi connectivity index (χ4n) is 4.74. The van der Waals surface area contributed by atoms with E-state index in [0.717, 1.165) is 11.1 Å². The molecule has 182 valence electrons. The molecule has 34 heavy (non-hydrogen) atoms. The van der Waals surface area contributed by atoms with Crippen molar-refractivity contribution in [2.24, 2.45) is 5.92 Å². The highest BCUT2D eigenvalue weighted by atomic mass is 16.5. The van der Waals surface area contributed by atoms with E-state index in [1.54, 1.807) is 0 Å². The molecule has 0 aromatic heterocycles. The van der Waals surface area contributed by atoms with Gasteiger partial charge in [-0.2, -0.15) is 0 Å². The van der Waals surface area contributed by atoms with Gasteiger partial charge in [0.1, 0.15) is 6.61 Å². The molecule has 0 heterocycles. The summed E-state index contributed by atoms with van der Waals surface area (Å²) in [7, 11) is 1.35. The zero-order chi connectivity index (χ0) is 24.8. The van der Waals surface area contributed by atoms with Crippen molar-refractivity contribution in [2.75, 3.05) is 7.11 Å². The SMILES string of the molecule is COC(=O)C1CC(NC(=O)OCc2ccccc2)(C(CC(C)(C)c2ccccc2)NC(C)=O)C1. The van der Waals surface area contributed by atoms with Crippen molar-refractivity contribution in [1.82, 2.24) is 10.6 Å². The molecule has 7 nitrogen and oxygen atoms in total. The minimum Gasteiger partial charge on any atom is -0.469 e. The quantitative estimate of drug-likeness (QED) is 0.543. The molecule has 2 aromatic rings. The number of rotatable bonds is 9. The number of nitrogens with one attached hydrogen (secondary N) is 2. The molecular weight excluding hydrogens is 432 g/mol. The molecule has 1 saturated carbocycles. The summed E-state index contributed by atoms with van der Waals surface area (Å²) in [4.78, 5) is 37.2. The number of amides is 2. The molecule has 0 radical (unpaired) electrons. The van der Waals surface area contributed by atoms with Gasteiger partial charge in [-0.3, -0.25) is 9.59 Å². The van der Waals surface area contributed by atoms with E-state index in [1.807, 2.05) is 48.5 Å². The Labute approximate surface area is 201 Å². The van der Waals surface area contributed by atoms with Crippen LogP contribution < -0.4 is 10.6 Å². The van der Waals surface area contributed by atoms with Crippen molar-refractivity contribution >= 4 is 18.0 Å². The second-order valence-electron chi connectivity index (χ2n) is 9.68. The van der Waals surface area contributed by atoms with Gasteiger partial charge in [0, 0.05) is 6.92 Å². The molecular formula is C27H34N2O5. The molecule has 2 N–H and O–H groups in total. The summed E-state index contributed by atoms with van der Waals surface area (Å²) < 4.78 is 10.4. The standard InChI is InChI=1S/C27H34N2O5/c1-19(30)28-23(17-26(2,3)22-13-9-6-10-14-22)27(15-21(16-27)24(31)33-4)29-25(32)34-18-20-11-7-5-8-12-20/h5-14,21,23H,15-18H2,1-4H3,(H,28,30)(H,29,32). The number of alkyl carbamates (subject to hydrolysis) is 1. The molecule has 1 fully saturated rings. The van der Waals surface area contributed by atoms with Crippen LogP contribution in [0.1, 0.15) is 51.2 Å². The van der Waals surface area contributed by atoms with Crippen LogP contribution in [0.3, 0.4) is 0 Å². The molecule has 2 amide bonds. The van der Waals surface area contributed by atoms with E-state index in [1.165, 1.54) is 14.0 Å². The van der Waals surface area contributed by atoms with Gasteiger partial charge < -0.3 is 20.1 Å². The van der Waals surface area contributed by atoms with Crippen LogP contribution in [0.4, 0.5) is 4.79 Å². The number of carbonyl (C=O) groups is 3. The average Bonchev–Trinajstić information content (AvgIpc) is 2.79. The summed E-state index contributed by atoms with van der Waals surface area (Å²) in [5.74, 6) is -0.872. The number of carbonyl (C=O) groups excluding carboxylic acids is 3. The number of hydrogen-bond acceptors (Lipinski definition) is 5. The normalized spacial score (nSPS) is 20.4. The second kappa shape index (κ2) is 10.7. The number of ether oxygens (including phenoxy) is 2. The van der Waals surface area contributed by atoms with Crippen LogP contribution in [0.5, 0.6) is 0 Å². The molecule has 1 aliphatic carbocycles. The van der Waals surface area contributed by atoms with Crippen LogP contribution >= 0.6 is 0 Å². The Hall–Kier alpha value is -3.35. The molecule has 0 aliphatic heterocycles. The maximum atomic E-state index is 12.8. The first-order valence-corrected chi connectivity index (χ1v) is 11.5. The van der Waals surface area contributed by atoms with Crippen molar-refractivity contribution in [2.45, 2.75) is 63.6 Å². The van der Waals surface area contributed by atoms with Crippen LogP contribution in [-0.4, -0.2) is 36.7 Å². The molecule has 1 atom stereocenters. The predicted molar refractivity (Wildman–Crippen MR) is 129 cm³/mol. The van der Waals surface area contributed by atoms with E-state index in [0.29, 0.717) is 19.3 Å². The maximum absolute atomic E-state index is 12.8. The third-order valence-corrected chi connectivity index (χ3v) is 6.63. The highest BCUT2D eigenvalue weighted by Gasteiger charge is 2.55. The fourth-order valence-corrected chi connectivity index (χ4v) is 4.74. The average molecular weight is 467 g/mol. The second-order valence-corrected chi connectivity index (χ2v) is 9.68. The van der Waals surface area contributed by atoms with Gasteiger partial charge in [-0.25, -0.2) is 4.79 Å². The van der Waals surface area contributed by atoms with Crippen molar-refractivity contribution in [1.29, 1.82) is 0 Å². The molecule has 7 heteroatoms. The third-order valence-electron chi connectivity index (χ3n) is 6.63. The lowest BCUT2D eigenvalue weighted by Crippen LogP contribution is -2.70. The Morgan fingerprint density at radius 1 is 1.03 bits per heavy atom. The molecule has 0 bridgehead atoms. The van der Waals surface area contributed by atoms with Gasteiger partial charge in [-0.05, 0) is 35.8 Å². The summed E-state index contributed by atoms with van der Waals surface area (Å²) in [6.07, 6.45) is 0.690. The Kier molecular flexibility index (Phi) is 7.97. The number of hydrogen-bond donors (Lipinski definition) is 2. The summed E-state index contributed by atoms with van der Waals surface area (Å²) in [6, 6.07) is 19.0. The van der Waals surface area contributed by atoms with Crippen LogP contribution in [0, 0.1) is 5.92 Å². The maximum Gasteiger partial charge on any atom is 0.407 e. The van der Waals surface area contributed by atoms with Crippen molar-refractivity contribution < 1.29 is 23.9 Å². The van der Waals surface area contributed by atoms with Gasteiger partial charge in [0.25, 0.3) is 0 Å². The van der Waals surface area contributed by atoms with Crippen molar-refractivity contribution in [3.05, 3.63) is 71.8 Å². The van der Waals surface area contributed by atoms with Crippen molar-refractivity contribution in [3.63, 3.8) is 0 Å². The van der Waals surface area contributed by atoms with Crippen LogP contribution in [-0.2, 0) is 31.1 Å². The number of benzene rings is 2. The summed E-state index contributed by atoms with van der Waals surface area (Å²) in [5, 5.41) is 6.05. The van der Waals surface area contributed by atoms with Gasteiger partial charge >= 0.3 is 12.1 Å². The molecule has 0 saturated heterocycles. The van der Waals surface area contributed by atoms with Crippen LogP contribution in [0.2, 0.25) is 0 Å². The first-order chi connectivity index (χ1) is 16.1. The van der Waals surface area contributed by atoms with Gasteiger partial charge in [0.05, 0.1) is 24.6 Å². The number of methoxy groups -OCH3 is 1. The lowest BCUT2D eigenvalue weighted by atomic mass is 9.61. The van der Waals surface area contributed by atoms with E-state index in [9.17, 15) is 14.4 Å². The van der Waals surface area contributed by atoms with Gasteiger partial charge in [-0.15, -0.1) is 0 Å². The van der Waals surface area contributed by atoms with Gasteiger partial charge in [-0.1, -0.05) is 74.5 Å². The first kappa shape index (κ1) is 25.3. The van der Waals surface area contributed by atoms with E-state index in [2.05, 4.69) is 36.6 Å². The first-order valence-electron chi connectivity index (χ1n) is 11.5. The lowest BCUT2D eigenvalue weighted by Gasteiger charge is -2.52. The van der Waals surface area contributed by atoms with E-state index in [-0.39, 0.29) is 29.8 Å². The van der Waals surface area contributed by atoms with E-state index in [4.69, 9.17) is 9.47 Å². The van der Waals surface area contributed by atoms with Crippen LogP contribution in [0.15, 0.2) is 60.7 Å².